The van der Waals surface area contributed by atoms with Crippen molar-refractivity contribution in [2.75, 3.05) is 11.1 Å². The summed E-state index contributed by atoms with van der Waals surface area (Å²) in [5.41, 5.74) is 3.40. The molecule has 2 aromatic heterocycles. The maximum absolute atomic E-state index is 12.5. The van der Waals surface area contributed by atoms with Crippen molar-refractivity contribution in [1.82, 2.24) is 9.97 Å². The van der Waals surface area contributed by atoms with Crippen LogP contribution in [0.15, 0.2) is 52.9 Å². The van der Waals surface area contributed by atoms with Crippen molar-refractivity contribution >= 4 is 56.5 Å². The van der Waals surface area contributed by atoms with Crippen molar-refractivity contribution in [2.45, 2.75) is 18.9 Å². The van der Waals surface area contributed by atoms with Crippen LogP contribution in [0.25, 0.3) is 21.3 Å². The summed E-state index contributed by atoms with van der Waals surface area (Å²) in [4.78, 5) is 22.5. The van der Waals surface area contributed by atoms with Gasteiger partial charge in [0.15, 0.2) is 0 Å². The number of rotatable bonds is 5. The molecule has 30 heavy (non-hydrogen) atoms. The van der Waals surface area contributed by atoms with Crippen LogP contribution in [-0.2, 0) is 4.79 Å². The zero-order chi connectivity index (χ0) is 21.3. The van der Waals surface area contributed by atoms with E-state index >= 15 is 0 Å². The van der Waals surface area contributed by atoms with Crippen LogP contribution in [0.5, 0.6) is 5.75 Å². The molecule has 4 rings (SSSR count). The van der Waals surface area contributed by atoms with Gasteiger partial charge in [-0.3, -0.25) is 4.79 Å². The van der Waals surface area contributed by atoms with Crippen LogP contribution in [0.1, 0.15) is 11.4 Å². The van der Waals surface area contributed by atoms with Gasteiger partial charge in [0, 0.05) is 16.0 Å². The first-order chi connectivity index (χ1) is 14.4. The summed E-state index contributed by atoms with van der Waals surface area (Å²) in [7, 11) is 0. The lowest BCUT2D eigenvalue weighted by Crippen LogP contribution is -2.14. The number of halogens is 1. The highest BCUT2D eigenvalue weighted by Crippen LogP contribution is 2.38. The number of phenolic OH excluding ortho intramolecular Hbond substituents is 1. The number of hydrogen-bond donors (Lipinski definition) is 2. The van der Waals surface area contributed by atoms with Gasteiger partial charge in [-0.15, -0.1) is 11.3 Å². The molecule has 2 aromatic carbocycles. The van der Waals surface area contributed by atoms with Crippen molar-refractivity contribution < 1.29 is 9.90 Å². The van der Waals surface area contributed by atoms with E-state index in [1.165, 1.54) is 11.8 Å². The van der Waals surface area contributed by atoms with Crippen molar-refractivity contribution in [2.24, 2.45) is 0 Å². The zero-order valence-electron chi connectivity index (χ0n) is 16.3. The van der Waals surface area contributed by atoms with Gasteiger partial charge in [0.05, 0.1) is 16.8 Å². The van der Waals surface area contributed by atoms with Crippen LogP contribution in [0, 0.1) is 13.8 Å². The average molecular weight is 456 g/mol. The van der Waals surface area contributed by atoms with E-state index in [2.05, 4.69) is 20.7 Å². The zero-order valence-corrected chi connectivity index (χ0v) is 18.7. The molecule has 1 amide bonds. The predicted molar refractivity (Wildman–Crippen MR) is 125 cm³/mol. The van der Waals surface area contributed by atoms with Crippen molar-refractivity contribution in [3.05, 3.63) is 64.3 Å². The van der Waals surface area contributed by atoms with E-state index in [0.717, 1.165) is 31.9 Å². The van der Waals surface area contributed by atoms with Crippen LogP contribution in [-0.4, -0.2) is 26.7 Å². The molecule has 8 heteroatoms. The number of thiophene rings is 1. The van der Waals surface area contributed by atoms with Gasteiger partial charge < -0.3 is 10.4 Å². The smallest absolute Gasteiger partial charge is 0.234 e. The molecule has 0 spiro atoms. The van der Waals surface area contributed by atoms with Crippen molar-refractivity contribution in [1.29, 1.82) is 0 Å². The van der Waals surface area contributed by atoms with E-state index in [9.17, 15) is 9.90 Å². The summed E-state index contributed by atoms with van der Waals surface area (Å²) < 4.78 is 0. The fraction of sp³-hybridized carbons (Fsp3) is 0.136. The molecule has 2 heterocycles. The number of benzene rings is 2. The average Bonchev–Trinajstić information content (AvgIpc) is 3.13. The minimum Gasteiger partial charge on any atom is -0.506 e. The van der Waals surface area contributed by atoms with Gasteiger partial charge in [-0.05, 0) is 49.2 Å². The lowest BCUT2D eigenvalue weighted by molar-refractivity contribution is -0.113. The Morgan fingerprint density at radius 1 is 1.17 bits per heavy atom. The van der Waals surface area contributed by atoms with Crippen molar-refractivity contribution in [3.8, 4) is 16.9 Å². The second-order valence-electron chi connectivity index (χ2n) is 6.77. The number of fused-ring (bicyclic) bond motifs is 1. The SMILES string of the molecule is Cc1ccc(O)c(NC(=O)CSc2nc(C)nc3scc(-c4ccc(Cl)cc4)c23)c1. The molecule has 0 radical (unpaired) electrons. The summed E-state index contributed by atoms with van der Waals surface area (Å²) in [6, 6.07) is 12.7. The maximum atomic E-state index is 12.5. The molecule has 152 valence electrons. The number of phenols is 1. The van der Waals surface area contributed by atoms with Crippen molar-refractivity contribution in [3.63, 3.8) is 0 Å². The van der Waals surface area contributed by atoms with Crippen LogP contribution >= 0.6 is 34.7 Å². The lowest BCUT2D eigenvalue weighted by Gasteiger charge is -2.09. The number of aryl methyl sites for hydroxylation is 2. The van der Waals surface area contributed by atoms with Gasteiger partial charge in [-0.2, -0.15) is 0 Å². The van der Waals surface area contributed by atoms with Gasteiger partial charge in [0.1, 0.15) is 21.4 Å². The van der Waals surface area contributed by atoms with Crippen LogP contribution in [0.2, 0.25) is 5.02 Å². The Morgan fingerprint density at radius 2 is 1.93 bits per heavy atom. The minimum absolute atomic E-state index is 0.0436. The molecule has 0 bridgehead atoms. The second-order valence-corrected chi connectivity index (χ2v) is 9.03. The van der Waals surface area contributed by atoms with E-state index in [1.54, 1.807) is 29.5 Å². The number of aromatic hydroxyl groups is 1. The number of nitrogens with zero attached hydrogens (tertiary/aromatic N) is 2. The Morgan fingerprint density at radius 3 is 2.70 bits per heavy atom. The van der Waals surface area contributed by atoms with E-state index < -0.39 is 0 Å². The molecule has 0 aliphatic carbocycles. The molecular weight excluding hydrogens is 438 g/mol. The molecule has 0 fully saturated rings. The fourth-order valence-corrected chi connectivity index (χ4v) is 5.10. The first-order valence-corrected chi connectivity index (χ1v) is 11.4. The molecule has 0 saturated carbocycles. The maximum Gasteiger partial charge on any atom is 0.234 e. The summed E-state index contributed by atoms with van der Waals surface area (Å²) >= 11 is 8.93. The van der Waals surface area contributed by atoms with Gasteiger partial charge in [-0.1, -0.05) is 41.6 Å². The third-order valence-corrected chi connectivity index (χ3v) is 6.53. The Kier molecular flexibility index (Phi) is 5.94. The van der Waals surface area contributed by atoms with Crippen LogP contribution < -0.4 is 5.32 Å². The van der Waals surface area contributed by atoms with Crippen LogP contribution in [0.4, 0.5) is 5.69 Å². The highest BCUT2D eigenvalue weighted by Gasteiger charge is 2.16. The van der Waals surface area contributed by atoms with E-state index in [0.29, 0.717) is 16.5 Å². The Hall–Kier alpha value is -2.61. The molecule has 5 nitrogen and oxygen atoms in total. The minimum atomic E-state index is -0.214. The standard InChI is InChI=1S/C22H18ClN3O2S2/c1-12-3-8-18(27)17(9-12)26-19(28)11-30-22-20-16(14-4-6-15(23)7-5-14)10-29-21(20)24-13(2)25-22/h3-10,27H,11H2,1-2H3,(H,26,28). The summed E-state index contributed by atoms with van der Waals surface area (Å²) in [5, 5.41) is 17.1. The molecule has 0 atom stereocenters. The van der Waals surface area contributed by atoms with Gasteiger partial charge in [0.2, 0.25) is 5.91 Å². The Bertz CT molecular complexity index is 1240. The molecule has 2 N–H and O–H groups in total. The highest BCUT2D eigenvalue weighted by atomic mass is 35.5. The van der Waals surface area contributed by atoms with E-state index in [4.69, 9.17) is 11.6 Å². The number of hydrogen-bond acceptors (Lipinski definition) is 6. The molecule has 0 unspecified atom stereocenters. The number of carbonyl (C=O) groups is 1. The molecule has 4 aromatic rings. The molecular formula is C22H18ClN3O2S2. The van der Waals surface area contributed by atoms with Gasteiger partial charge >= 0.3 is 0 Å². The highest BCUT2D eigenvalue weighted by molar-refractivity contribution is 8.00. The molecule has 0 aliphatic heterocycles. The predicted octanol–water partition coefficient (Wildman–Crippen LogP) is 6.06. The van der Waals surface area contributed by atoms with Crippen LogP contribution in [0.3, 0.4) is 0 Å². The first kappa shape index (κ1) is 20.7. The molecule has 0 saturated heterocycles. The number of thioether (sulfide) groups is 1. The Labute approximate surface area is 187 Å². The Balaban J connectivity index is 1.60. The fourth-order valence-electron chi connectivity index (χ4n) is 3.03. The normalized spacial score (nSPS) is 11.0. The van der Waals surface area contributed by atoms with Gasteiger partial charge in [-0.25, -0.2) is 9.97 Å². The second kappa shape index (κ2) is 8.63. The number of anilines is 1. The molecule has 0 aliphatic rings. The third-order valence-electron chi connectivity index (χ3n) is 4.43. The monoisotopic (exact) mass is 455 g/mol. The topological polar surface area (TPSA) is 75.1 Å². The van der Waals surface area contributed by atoms with E-state index in [-0.39, 0.29) is 17.4 Å². The number of aromatic nitrogens is 2. The van der Waals surface area contributed by atoms with Gasteiger partial charge in [0.25, 0.3) is 0 Å². The lowest BCUT2D eigenvalue weighted by atomic mass is 10.1. The number of nitrogens with one attached hydrogen (secondary N) is 1. The largest absolute Gasteiger partial charge is 0.506 e. The number of amides is 1. The summed E-state index contributed by atoms with van der Waals surface area (Å²) in [6.07, 6.45) is 0. The quantitative estimate of drug-likeness (QED) is 0.217. The summed E-state index contributed by atoms with van der Waals surface area (Å²) in [5.74, 6) is 0.649. The number of carbonyl (C=O) groups excluding carboxylic acids is 1. The third kappa shape index (κ3) is 4.43. The summed E-state index contributed by atoms with van der Waals surface area (Å²) in [6.45, 7) is 3.75. The van der Waals surface area contributed by atoms with E-state index in [1.807, 2.05) is 38.1 Å². The first-order valence-electron chi connectivity index (χ1n) is 9.15.